The van der Waals surface area contributed by atoms with Crippen LogP contribution in [0, 0.1) is 0 Å². The molecule has 0 spiro atoms. The second-order valence-electron chi connectivity index (χ2n) is 5.66. The molecule has 0 radical (unpaired) electrons. The van der Waals surface area contributed by atoms with Gasteiger partial charge in [0.05, 0.1) is 24.3 Å². The minimum atomic E-state index is -0.458. The number of hydrogen-bond donors (Lipinski definition) is 2. The van der Waals surface area contributed by atoms with E-state index in [1.54, 1.807) is 6.07 Å². The fraction of sp³-hybridized carbons (Fsp3) is 0.600. The summed E-state index contributed by atoms with van der Waals surface area (Å²) in [4.78, 5) is 4.13. The SMILES string of the molecule is CN(Cc1cc(Cl)cc(Cl)c1O)CC(O)CN1CCOCC1. The Labute approximate surface area is 141 Å². The number of aliphatic hydroxyl groups is 1. The molecule has 1 fully saturated rings. The molecule has 2 rings (SSSR count). The molecular weight excluding hydrogens is 327 g/mol. The molecule has 1 saturated heterocycles. The Hall–Kier alpha value is -0.560. The Morgan fingerprint density at radius 2 is 2.00 bits per heavy atom. The van der Waals surface area contributed by atoms with Crippen molar-refractivity contribution in [1.82, 2.24) is 9.80 Å². The number of aliphatic hydroxyl groups excluding tert-OH is 1. The highest BCUT2D eigenvalue weighted by molar-refractivity contribution is 6.35. The maximum absolute atomic E-state index is 10.2. The summed E-state index contributed by atoms with van der Waals surface area (Å²) >= 11 is 11.9. The molecule has 0 aliphatic carbocycles. The first-order valence-electron chi connectivity index (χ1n) is 7.29. The zero-order chi connectivity index (χ0) is 16.1. The number of rotatable bonds is 6. The highest BCUT2D eigenvalue weighted by Gasteiger charge is 2.17. The monoisotopic (exact) mass is 348 g/mol. The van der Waals surface area contributed by atoms with E-state index in [1.165, 1.54) is 6.07 Å². The molecule has 1 atom stereocenters. The van der Waals surface area contributed by atoms with Crippen molar-refractivity contribution in [3.63, 3.8) is 0 Å². The van der Waals surface area contributed by atoms with Gasteiger partial charge in [0.25, 0.3) is 0 Å². The lowest BCUT2D eigenvalue weighted by atomic mass is 10.2. The summed E-state index contributed by atoms with van der Waals surface area (Å²) in [6.07, 6.45) is -0.458. The van der Waals surface area contributed by atoms with Gasteiger partial charge < -0.3 is 14.9 Å². The van der Waals surface area contributed by atoms with Gasteiger partial charge in [-0.2, -0.15) is 0 Å². The minimum absolute atomic E-state index is 0.0422. The van der Waals surface area contributed by atoms with Crippen LogP contribution in [0.15, 0.2) is 12.1 Å². The third-order valence-electron chi connectivity index (χ3n) is 3.64. The quantitative estimate of drug-likeness (QED) is 0.821. The normalized spacial score (nSPS) is 17.9. The van der Waals surface area contributed by atoms with Gasteiger partial charge in [-0.15, -0.1) is 0 Å². The minimum Gasteiger partial charge on any atom is -0.506 e. The van der Waals surface area contributed by atoms with Crippen LogP contribution >= 0.6 is 23.2 Å². The smallest absolute Gasteiger partial charge is 0.138 e. The molecule has 0 bridgehead atoms. The largest absolute Gasteiger partial charge is 0.506 e. The van der Waals surface area contributed by atoms with E-state index in [1.807, 2.05) is 11.9 Å². The third-order valence-corrected chi connectivity index (χ3v) is 4.15. The second kappa shape index (κ2) is 8.34. The average Bonchev–Trinajstić information content (AvgIpc) is 2.45. The molecule has 1 aliphatic heterocycles. The number of hydrogen-bond acceptors (Lipinski definition) is 5. The Morgan fingerprint density at radius 1 is 1.32 bits per heavy atom. The average molecular weight is 349 g/mol. The summed E-state index contributed by atoms with van der Waals surface area (Å²) < 4.78 is 5.29. The number of β-amino-alcohol motifs (C(OH)–C–C–N with tert-alkyl or cyclic N) is 1. The van der Waals surface area contributed by atoms with Crippen molar-refractivity contribution in [2.45, 2.75) is 12.6 Å². The molecule has 22 heavy (non-hydrogen) atoms. The maximum atomic E-state index is 10.2. The summed E-state index contributed by atoms with van der Waals surface area (Å²) in [6.45, 7) is 4.73. The van der Waals surface area contributed by atoms with Crippen LogP contribution in [0.2, 0.25) is 10.0 Å². The predicted octanol–water partition coefficient (Wildman–Crippen LogP) is 1.82. The number of benzene rings is 1. The van der Waals surface area contributed by atoms with Gasteiger partial charge in [-0.1, -0.05) is 23.2 Å². The highest BCUT2D eigenvalue weighted by Crippen LogP contribution is 2.31. The van der Waals surface area contributed by atoms with E-state index < -0.39 is 6.10 Å². The van der Waals surface area contributed by atoms with Gasteiger partial charge in [0.1, 0.15) is 5.75 Å². The Balaban J connectivity index is 1.85. The van der Waals surface area contributed by atoms with Gasteiger partial charge >= 0.3 is 0 Å². The molecule has 2 N–H and O–H groups in total. The Morgan fingerprint density at radius 3 is 2.68 bits per heavy atom. The van der Waals surface area contributed by atoms with Crippen molar-refractivity contribution < 1.29 is 14.9 Å². The van der Waals surface area contributed by atoms with Crippen LogP contribution in [0.4, 0.5) is 0 Å². The van der Waals surface area contributed by atoms with Crippen molar-refractivity contribution in [3.8, 4) is 5.75 Å². The molecule has 7 heteroatoms. The van der Waals surface area contributed by atoms with E-state index >= 15 is 0 Å². The molecule has 5 nitrogen and oxygen atoms in total. The van der Waals surface area contributed by atoms with Crippen LogP contribution in [0.3, 0.4) is 0 Å². The van der Waals surface area contributed by atoms with E-state index in [2.05, 4.69) is 4.90 Å². The van der Waals surface area contributed by atoms with Gasteiger partial charge in [0, 0.05) is 43.3 Å². The molecule has 1 aliphatic rings. The van der Waals surface area contributed by atoms with Crippen LogP contribution in [0.5, 0.6) is 5.75 Å². The standard InChI is InChI=1S/C15H22Cl2N2O3/c1-18(8-11-6-12(16)7-14(17)15(11)21)9-13(20)10-19-2-4-22-5-3-19/h6-7,13,20-21H,2-5,8-10H2,1H3. The predicted molar refractivity (Wildman–Crippen MR) is 87.7 cm³/mol. The topological polar surface area (TPSA) is 56.2 Å². The third kappa shape index (κ3) is 5.26. The van der Waals surface area contributed by atoms with E-state index in [-0.39, 0.29) is 10.8 Å². The number of nitrogens with zero attached hydrogens (tertiary/aromatic N) is 2. The highest BCUT2D eigenvalue weighted by atomic mass is 35.5. The summed E-state index contributed by atoms with van der Waals surface area (Å²) in [7, 11) is 1.89. The van der Waals surface area contributed by atoms with Crippen LogP contribution in [0.25, 0.3) is 0 Å². The molecule has 124 valence electrons. The number of phenolic OH excluding ortho intramolecular Hbond substituents is 1. The molecule has 1 aromatic rings. The lowest BCUT2D eigenvalue weighted by molar-refractivity contribution is 0.00821. The van der Waals surface area contributed by atoms with Crippen molar-refractivity contribution in [3.05, 3.63) is 27.7 Å². The Kier molecular flexibility index (Phi) is 6.74. The first kappa shape index (κ1) is 17.8. The van der Waals surface area contributed by atoms with Crippen molar-refractivity contribution in [1.29, 1.82) is 0 Å². The second-order valence-corrected chi connectivity index (χ2v) is 6.50. The number of morpholine rings is 1. The molecule has 0 saturated carbocycles. The van der Waals surface area contributed by atoms with E-state index in [0.717, 1.165) is 26.3 Å². The van der Waals surface area contributed by atoms with Crippen molar-refractivity contribution in [2.24, 2.45) is 0 Å². The number of ether oxygens (including phenoxy) is 1. The van der Waals surface area contributed by atoms with E-state index in [0.29, 0.717) is 30.2 Å². The van der Waals surface area contributed by atoms with Crippen LogP contribution in [0.1, 0.15) is 5.56 Å². The van der Waals surface area contributed by atoms with Gasteiger partial charge in [-0.3, -0.25) is 9.80 Å². The summed E-state index contributed by atoms with van der Waals surface area (Å²) in [5, 5.41) is 20.9. The van der Waals surface area contributed by atoms with Gasteiger partial charge in [-0.05, 0) is 19.2 Å². The number of likely N-dealkylation sites (N-methyl/N-ethyl adjacent to an activating group) is 1. The molecule has 1 unspecified atom stereocenters. The first-order chi connectivity index (χ1) is 10.5. The zero-order valence-corrected chi connectivity index (χ0v) is 14.1. The lowest BCUT2D eigenvalue weighted by Crippen LogP contribution is -2.43. The zero-order valence-electron chi connectivity index (χ0n) is 12.6. The summed E-state index contributed by atoms with van der Waals surface area (Å²) in [5.74, 6) is 0.0422. The fourth-order valence-corrected chi connectivity index (χ4v) is 3.13. The fourth-order valence-electron chi connectivity index (χ4n) is 2.59. The van der Waals surface area contributed by atoms with Crippen LogP contribution in [-0.2, 0) is 11.3 Å². The molecular formula is C15H22Cl2N2O3. The van der Waals surface area contributed by atoms with E-state index in [4.69, 9.17) is 27.9 Å². The van der Waals surface area contributed by atoms with Gasteiger partial charge in [-0.25, -0.2) is 0 Å². The van der Waals surface area contributed by atoms with Crippen LogP contribution < -0.4 is 0 Å². The maximum Gasteiger partial charge on any atom is 0.138 e. The van der Waals surface area contributed by atoms with Crippen LogP contribution in [-0.4, -0.2) is 72.6 Å². The molecule has 1 aromatic carbocycles. The lowest BCUT2D eigenvalue weighted by Gasteiger charge is -2.30. The van der Waals surface area contributed by atoms with Gasteiger partial charge in [0.15, 0.2) is 0 Å². The summed E-state index contributed by atoms with van der Waals surface area (Å²) in [5.41, 5.74) is 0.651. The molecule has 0 amide bonds. The summed E-state index contributed by atoms with van der Waals surface area (Å²) in [6, 6.07) is 3.20. The molecule has 1 heterocycles. The van der Waals surface area contributed by atoms with E-state index in [9.17, 15) is 10.2 Å². The van der Waals surface area contributed by atoms with Crippen molar-refractivity contribution in [2.75, 3.05) is 46.4 Å². The number of phenols is 1. The number of halogens is 2. The number of aromatic hydroxyl groups is 1. The Bertz CT molecular complexity index is 496. The van der Waals surface area contributed by atoms with Crippen molar-refractivity contribution >= 4 is 23.2 Å². The van der Waals surface area contributed by atoms with Gasteiger partial charge in [0.2, 0.25) is 0 Å². The molecule has 0 aromatic heterocycles. The first-order valence-corrected chi connectivity index (χ1v) is 8.05.